The van der Waals surface area contributed by atoms with Crippen molar-refractivity contribution in [1.29, 1.82) is 0 Å². The minimum absolute atomic E-state index is 0.148. The lowest BCUT2D eigenvalue weighted by Gasteiger charge is -2.16. The Labute approximate surface area is 133 Å². The molecule has 7 heteroatoms. The number of halogens is 2. The van der Waals surface area contributed by atoms with Gasteiger partial charge in [-0.25, -0.2) is 9.37 Å². The summed E-state index contributed by atoms with van der Waals surface area (Å²) < 4.78 is 32.7. The van der Waals surface area contributed by atoms with E-state index in [-0.39, 0.29) is 17.7 Å². The van der Waals surface area contributed by atoms with E-state index in [4.69, 9.17) is 4.74 Å². The summed E-state index contributed by atoms with van der Waals surface area (Å²) in [7, 11) is 0. The maximum Gasteiger partial charge on any atom is 0.255 e. The molecule has 2 atom stereocenters. The van der Waals surface area contributed by atoms with Gasteiger partial charge in [-0.05, 0) is 37.6 Å². The standard InChI is InChI=1S/C16H18F2N4O/c1-10(11-3-2-4-12(17)7-11)23-15-14(18)9-20-16(22-15)21-13-5-6-19-8-13/h2-4,7,9-10,13,19H,5-6,8H2,1H3,(H,20,21,22)/t10-,13+/m1/s1. The van der Waals surface area contributed by atoms with Gasteiger partial charge < -0.3 is 15.4 Å². The van der Waals surface area contributed by atoms with Gasteiger partial charge in [0.25, 0.3) is 5.88 Å². The average Bonchev–Trinajstić information content (AvgIpc) is 3.03. The first kappa shape index (κ1) is 15.6. The highest BCUT2D eigenvalue weighted by atomic mass is 19.1. The Kier molecular flexibility index (Phi) is 4.66. The molecule has 1 aliphatic rings. The van der Waals surface area contributed by atoms with Crippen molar-refractivity contribution in [2.75, 3.05) is 18.4 Å². The van der Waals surface area contributed by atoms with Crippen molar-refractivity contribution in [3.63, 3.8) is 0 Å². The summed E-state index contributed by atoms with van der Waals surface area (Å²) in [5.74, 6) is -0.840. The molecule has 2 aromatic rings. The summed E-state index contributed by atoms with van der Waals surface area (Å²) in [5, 5.41) is 6.36. The van der Waals surface area contributed by atoms with Gasteiger partial charge in [0.1, 0.15) is 11.9 Å². The van der Waals surface area contributed by atoms with Crippen LogP contribution in [0.2, 0.25) is 0 Å². The fourth-order valence-electron chi connectivity index (χ4n) is 2.46. The zero-order chi connectivity index (χ0) is 16.2. The Bertz CT molecular complexity index is 677. The number of hydrogen-bond donors (Lipinski definition) is 2. The smallest absolute Gasteiger partial charge is 0.255 e. The molecule has 23 heavy (non-hydrogen) atoms. The molecule has 3 rings (SSSR count). The number of nitrogens with one attached hydrogen (secondary N) is 2. The SMILES string of the molecule is C[C@@H](Oc1nc(N[C@H]2CCNC2)ncc1F)c1cccc(F)c1. The largest absolute Gasteiger partial charge is 0.468 e. The number of hydrogen-bond acceptors (Lipinski definition) is 5. The summed E-state index contributed by atoms with van der Waals surface area (Å²) in [6, 6.07) is 6.22. The Morgan fingerprint density at radius 3 is 3.00 bits per heavy atom. The maximum atomic E-state index is 13.9. The molecule has 5 nitrogen and oxygen atoms in total. The number of nitrogens with zero attached hydrogens (tertiary/aromatic N) is 2. The molecule has 0 aliphatic carbocycles. The first-order valence-corrected chi connectivity index (χ1v) is 7.54. The molecule has 0 unspecified atom stereocenters. The third-order valence-corrected chi connectivity index (χ3v) is 3.71. The summed E-state index contributed by atoms with van der Waals surface area (Å²) in [4.78, 5) is 8.01. The van der Waals surface area contributed by atoms with Crippen LogP contribution < -0.4 is 15.4 Å². The Balaban J connectivity index is 1.73. The number of benzene rings is 1. The summed E-state index contributed by atoms with van der Waals surface area (Å²) in [6.07, 6.45) is 1.50. The third kappa shape index (κ3) is 3.92. The summed E-state index contributed by atoms with van der Waals surface area (Å²) in [6.45, 7) is 3.46. The number of anilines is 1. The maximum absolute atomic E-state index is 13.9. The number of ether oxygens (including phenoxy) is 1. The molecule has 122 valence electrons. The molecule has 1 aromatic carbocycles. The van der Waals surface area contributed by atoms with E-state index in [0.29, 0.717) is 11.5 Å². The molecule has 0 saturated carbocycles. The van der Waals surface area contributed by atoms with Crippen LogP contribution in [-0.4, -0.2) is 29.1 Å². The number of aromatic nitrogens is 2. The highest BCUT2D eigenvalue weighted by molar-refractivity contribution is 5.31. The molecule has 1 aliphatic heterocycles. The Morgan fingerprint density at radius 1 is 1.39 bits per heavy atom. The minimum atomic E-state index is -0.650. The predicted octanol–water partition coefficient (Wildman–Crippen LogP) is 2.67. The van der Waals surface area contributed by atoms with Gasteiger partial charge in [0.15, 0.2) is 0 Å². The lowest BCUT2D eigenvalue weighted by molar-refractivity contribution is 0.205. The summed E-state index contributed by atoms with van der Waals surface area (Å²) >= 11 is 0. The Hall–Kier alpha value is -2.28. The van der Waals surface area contributed by atoms with Gasteiger partial charge in [-0.1, -0.05) is 12.1 Å². The van der Waals surface area contributed by atoms with Gasteiger partial charge in [0.05, 0.1) is 6.20 Å². The van der Waals surface area contributed by atoms with E-state index in [9.17, 15) is 8.78 Å². The highest BCUT2D eigenvalue weighted by Gasteiger charge is 2.18. The van der Waals surface area contributed by atoms with Crippen LogP contribution in [0.4, 0.5) is 14.7 Å². The molecule has 2 heterocycles. The molecule has 0 amide bonds. The first-order chi connectivity index (χ1) is 11.1. The normalized spacial score (nSPS) is 18.7. The van der Waals surface area contributed by atoms with E-state index in [1.54, 1.807) is 19.1 Å². The number of rotatable bonds is 5. The first-order valence-electron chi connectivity index (χ1n) is 7.54. The second kappa shape index (κ2) is 6.87. The zero-order valence-corrected chi connectivity index (χ0v) is 12.7. The predicted molar refractivity (Wildman–Crippen MR) is 82.3 cm³/mol. The van der Waals surface area contributed by atoms with Crippen molar-refractivity contribution in [1.82, 2.24) is 15.3 Å². The van der Waals surface area contributed by atoms with E-state index in [0.717, 1.165) is 25.7 Å². The highest BCUT2D eigenvalue weighted by Crippen LogP contribution is 2.23. The minimum Gasteiger partial charge on any atom is -0.468 e. The van der Waals surface area contributed by atoms with Crippen molar-refractivity contribution < 1.29 is 13.5 Å². The molecular formula is C16H18F2N4O. The third-order valence-electron chi connectivity index (χ3n) is 3.71. The van der Waals surface area contributed by atoms with Crippen molar-refractivity contribution in [2.24, 2.45) is 0 Å². The van der Waals surface area contributed by atoms with Crippen LogP contribution in [0.15, 0.2) is 30.5 Å². The van der Waals surface area contributed by atoms with E-state index >= 15 is 0 Å². The van der Waals surface area contributed by atoms with Gasteiger partial charge in [0, 0.05) is 12.6 Å². The summed E-state index contributed by atoms with van der Waals surface area (Å²) in [5.41, 5.74) is 0.609. The van der Waals surface area contributed by atoms with E-state index in [2.05, 4.69) is 20.6 Å². The van der Waals surface area contributed by atoms with Gasteiger partial charge in [0.2, 0.25) is 11.8 Å². The molecule has 1 saturated heterocycles. The fourth-order valence-corrected chi connectivity index (χ4v) is 2.46. The van der Waals surface area contributed by atoms with Crippen molar-refractivity contribution in [3.8, 4) is 5.88 Å². The second-order valence-corrected chi connectivity index (χ2v) is 5.50. The zero-order valence-electron chi connectivity index (χ0n) is 12.7. The van der Waals surface area contributed by atoms with Crippen molar-refractivity contribution in [2.45, 2.75) is 25.5 Å². The van der Waals surface area contributed by atoms with Gasteiger partial charge in [-0.3, -0.25) is 0 Å². The lowest BCUT2D eigenvalue weighted by atomic mass is 10.1. The van der Waals surface area contributed by atoms with E-state index in [1.165, 1.54) is 12.1 Å². The monoisotopic (exact) mass is 320 g/mol. The Morgan fingerprint density at radius 2 is 2.26 bits per heavy atom. The molecular weight excluding hydrogens is 302 g/mol. The van der Waals surface area contributed by atoms with Crippen LogP contribution in [0.25, 0.3) is 0 Å². The van der Waals surface area contributed by atoms with Gasteiger partial charge in [-0.2, -0.15) is 9.37 Å². The van der Waals surface area contributed by atoms with Gasteiger partial charge in [-0.15, -0.1) is 0 Å². The van der Waals surface area contributed by atoms with Crippen LogP contribution in [0, 0.1) is 11.6 Å². The van der Waals surface area contributed by atoms with Gasteiger partial charge >= 0.3 is 0 Å². The van der Waals surface area contributed by atoms with Crippen LogP contribution in [-0.2, 0) is 0 Å². The lowest BCUT2D eigenvalue weighted by Crippen LogP contribution is -2.23. The van der Waals surface area contributed by atoms with Crippen LogP contribution in [0.3, 0.4) is 0 Å². The van der Waals surface area contributed by atoms with Crippen LogP contribution in [0.5, 0.6) is 5.88 Å². The molecule has 0 radical (unpaired) electrons. The van der Waals surface area contributed by atoms with Crippen molar-refractivity contribution >= 4 is 5.95 Å². The average molecular weight is 320 g/mol. The molecule has 1 aromatic heterocycles. The molecule has 2 N–H and O–H groups in total. The molecule has 1 fully saturated rings. The van der Waals surface area contributed by atoms with Crippen LogP contribution >= 0.6 is 0 Å². The van der Waals surface area contributed by atoms with Crippen LogP contribution in [0.1, 0.15) is 25.0 Å². The molecule has 0 spiro atoms. The van der Waals surface area contributed by atoms with E-state index in [1.807, 2.05) is 0 Å². The van der Waals surface area contributed by atoms with E-state index < -0.39 is 11.9 Å². The second-order valence-electron chi connectivity index (χ2n) is 5.50. The van der Waals surface area contributed by atoms with Crippen molar-refractivity contribution in [3.05, 3.63) is 47.7 Å². The fraction of sp³-hybridized carbons (Fsp3) is 0.375. The molecule has 0 bridgehead atoms. The quantitative estimate of drug-likeness (QED) is 0.887. The topological polar surface area (TPSA) is 59.1 Å².